The number of aliphatic hydroxyl groups excluding tert-OH is 1. The van der Waals surface area contributed by atoms with Gasteiger partial charge in [0.25, 0.3) is 5.69 Å². The van der Waals surface area contributed by atoms with E-state index < -0.39 is 4.92 Å². The first-order valence-electron chi connectivity index (χ1n) is 7.15. The van der Waals surface area contributed by atoms with Crippen LogP contribution in [0.15, 0.2) is 18.2 Å². The number of benzene rings is 1. The molecule has 2 unspecified atom stereocenters. The quantitative estimate of drug-likeness (QED) is 0.644. The minimum Gasteiger partial charge on any atom is -0.493 e. The minimum atomic E-state index is -0.470. The zero-order valence-electron chi connectivity index (χ0n) is 12.5. The Morgan fingerprint density at radius 2 is 2.05 bits per heavy atom. The summed E-state index contributed by atoms with van der Waals surface area (Å²) in [6, 6.07) is 4.30. The third-order valence-corrected chi connectivity index (χ3v) is 4.69. The number of non-ortho nitro benzene ring substituents is 1. The number of rotatable bonds is 6. The van der Waals surface area contributed by atoms with Crippen molar-refractivity contribution in [3.05, 3.63) is 28.3 Å². The van der Waals surface area contributed by atoms with Gasteiger partial charge in [-0.2, -0.15) is 0 Å². The fraction of sp³-hybridized carbons (Fsp3) is 0.600. The van der Waals surface area contributed by atoms with E-state index in [4.69, 9.17) is 9.47 Å². The van der Waals surface area contributed by atoms with Crippen molar-refractivity contribution >= 4 is 5.69 Å². The first kappa shape index (κ1) is 15.6. The second-order valence-electron chi connectivity index (χ2n) is 5.39. The van der Waals surface area contributed by atoms with E-state index in [-0.39, 0.29) is 23.3 Å². The van der Waals surface area contributed by atoms with Crippen molar-refractivity contribution in [1.29, 1.82) is 0 Å². The highest BCUT2D eigenvalue weighted by atomic mass is 16.6. The summed E-state index contributed by atoms with van der Waals surface area (Å²) in [6.45, 7) is 4.07. The number of hydrogen-bond donors (Lipinski definition) is 1. The zero-order chi connectivity index (χ0) is 15.6. The van der Waals surface area contributed by atoms with Crippen molar-refractivity contribution in [2.75, 3.05) is 7.11 Å². The Balaban J connectivity index is 2.22. The molecular formula is C15H21NO5. The number of ether oxygens (including phenoxy) is 2. The molecule has 0 heterocycles. The summed E-state index contributed by atoms with van der Waals surface area (Å²) in [6.07, 6.45) is 1.76. The lowest BCUT2D eigenvalue weighted by molar-refractivity contribution is -0.385. The number of nitro groups is 1. The molecule has 2 rings (SSSR count). The van der Waals surface area contributed by atoms with Crippen molar-refractivity contribution in [3.8, 4) is 11.5 Å². The maximum atomic E-state index is 10.8. The lowest BCUT2D eigenvalue weighted by Crippen LogP contribution is -2.59. The van der Waals surface area contributed by atoms with Crippen LogP contribution in [0.2, 0.25) is 0 Å². The summed E-state index contributed by atoms with van der Waals surface area (Å²) in [5.41, 5.74) is -0.280. The summed E-state index contributed by atoms with van der Waals surface area (Å²) in [5, 5.41) is 20.8. The molecule has 2 atom stereocenters. The van der Waals surface area contributed by atoms with Gasteiger partial charge in [0.15, 0.2) is 11.5 Å². The fourth-order valence-electron chi connectivity index (χ4n) is 3.09. The van der Waals surface area contributed by atoms with Crippen LogP contribution in [0.4, 0.5) is 5.69 Å². The van der Waals surface area contributed by atoms with E-state index in [1.807, 2.05) is 13.8 Å². The summed E-state index contributed by atoms with van der Waals surface area (Å²) >= 11 is 0. The summed E-state index contributed by atoms with van der Waals surface area (Å²) in [4.78, 5) is 10.3. The third kappa shape index (κ3) is 2.55. The van der Waals surface area contributed by atoms with Crippen molar-refractivity contribution < 1.29 is 19.5 Å². The Hall–Kier alpha value is -1.82. The van der Waals surface area contributed by atoms with Gasteiger partial charge in [-0.1, -0.05) is 13.8 Å². The molecule has 1 fully saturated rings. The predicted molar refractivity (Wildman–Crippen MR) is 77.7 cm³/mol. The number of nitrogens with zero attached hydrogens (tertiary/aromatic N) is 1. The molecule has 0 spiro atoms. The molecule has 1 aliphatic carbocycles. The molecule has 6 heteroatoms. The maximum Gasteiger partial charge on any atom is 0.273 e. The Labute approximate surface area is 123 Å². The molecule has 0 saturated heterocycles. The minimum absolute atomic E-state index is 0.0370. The van der Waals surface area contributed by atoms with Gasteiger partial charge in [-0.3, -0.25) is 10.1 Å². The zero-order valence-corrected chi connectivity index (χ0v) is 12.5. The number of methoxy groups -OCH3 is 1. The van der Waals surface area contributed by atoms with Crippen LogP contribution in [0, 0.1) is 15.5 Å². The monoisotopic (exact) mass is 295 g/mol. The highest BCUT2D eigenvalue weighted by Gasteiger charge is 2.53. The van der Waals surface area contributed by atoms with Gasteiger partial charge in [0, 0.05) is 17.9 Å². The molecular weight excluding hydrogens is 274 g/mol. The number of aliphatic hydroxyl groups is 1. The molecule has 0 amide bonds. The lowest BCUT2D eigenvalue weighted by atomic mass is 9.60. The lowest BCUT2D eigenvalue weighted by Gasteiger charge is -2.52. The van der Waals surface area contributed by atoms with E-state index >= 15 is 0 Å². The average molecular weight is 295 g/mol. The molecule has 1 aliphatic rings. The van der Waals surface area contributed by atoms with Crippen LogP contribution in [-0.4, -0.2) is 29.3 Å². The largest absolute Gasteiger partial charge is 0.493 e. The van der Waals surface area contributed by atoms with Crippen LogP contribution in [0.5, 0.6) is 11.5 Å². The molecule has 6 nitrogen and oxygen atoms in total. The topological polar surface area (TPSA) is 81.8 Å². The van der Waals surface area contributed by atoms with Crippen molar-refractivity contribution in [2.45, 2.75) is 45.3 Å². The van der Waals surface area contributed by atoms with Gasteiger partial charge in [-0.25, -0.2) is 0 Å². The molecule has 116 valence electrons. The number of hydrogen-bond acceptors (Lipinski definition) is 5. The van der Waals surface area contributed by atoms with Gasteiger partial charge in [0.2, 0.25) is 0 Å². The van der Waals surface area contributed by atoms with Gasteiger partial charge < -0.3 is 14.6 Å². The molecule has 0 radical (unpaired) electrons. The molecule has 0 aromatic heterocycles. The third-order valence-electron chi connectivity index (χ3n) is 4.69. The van der Waals surface area contributed by atoms with E-state index in [2.05, 4.69) is 0 Å². The highest BCUT2D eigenvalue weighted by molar-refractivity contribution is 5.48. The summed E-state index contributed by atoms with van der Waals surface area (Å²) in [5.74, 6) is 0.818. The van der Waals surface area contributed by atoms with Crippen LogP contribution < -0.4 is 9.47 Å². The fourth-order valence-corrected chi connectivity index (χ4v) is 3.09. The molecule has 1 aromatic carbocycles. The Morgan fingerprint density at radius 3 is 2.52 bits per heavy atom. The Kier molecular flexibility index (Phi) is 4.37. The van der Waals surface area contributed by atoms with E-state index in [0.29, 0.717) is 17.9 Å². The van der Waals surface area contributed by atoms with Gasteiger partial charge in [0.1, 0.15) is 6.10 Å². The van der Waals surface area contributed by atoms with Crippen molar-refractivity contribution in [2.24, 2.45) is 5.41 Å². The Bertz CT molecular complexity index is 527. The van der Waals surface area contributed by atoms with Crippen LogP contribution >= 0.6 is 0 Å². The van der Waals surface area contributed by atoms with E-state index in [1.54, 1.807) is 6.07 Å². The van der Waals surface area contributed by atoms with Gasteiger partial charge >= 0.3 is 0 Å². The van der Waals surface area contributed by atoms with Crippen LogP contribution in [0.1, 0.15) is 33.1 Å². The normalized spacial score (nSPS) is 23.2. The smallest absolute Gasteiger partial charge is 0.273 e. The maximum absolute atomic E-state index is 10.8. The van der Waals surface area contributed by atoms with Crippen LogP contribution in [-0.2, 0) is 0 Å². The number of nitro benzene ring substituents is 1. The predicted octanol–water partition coefficient (Wildman–Crippen LogP) is 2.92. The first-order valence-corrected chi connectivity index (χ1v) is 7.15. The molecule has 1 N–H and O–H groups in total. The summed E-state index contributed by atoms with van der Waals surface area (Å²) < 4.78 is 11.1. The first-order chi connectivity index (χ1) is 9.98. The van der Waals surface area contributed by atoms with Gasteiger partial charge in [0.05, 0.1) is 24.2 Å². The Morgan fingerprint density at radius 1 is 1.38 bits per heavy atom. The molecule has 1 aromatic rings. The summed E-state index contributed by atoms with van der Waals surface area (Å²) in [7, 11) is 1.45. The van der Waals surface area contributed by atoms with E-state index in [9.17, 15) is 15.2 Å². The van der Waals surface area contributed by atoms with Crippen LogP contribution in [0.3, 0.4) is 0 Å². The van der Waals surface area contributed by atoms with Crippen molar-refractivity contribution in [1.82, 2.24) is 0 Å². The van der Waals surface area contributed by atoms with E-state index in [1.165, 1.54) is 19.2 Å². The second kappa shape index (κ2) is 5.89. The SMILES string of the molecule is CCC1(CC)C(O)CC1Oc1ccc([N+](=O)[O-])cc1OC. The molecule has 21 heavy (non-hydrogen) atoms. The van der Waals surface area contributed by atoms with Gasteiger partial charge in [-0.05, 0) is 18.9 Å². The molecule has 0 bridgehead atoms. The van der Waals surface area contributed by atoms with Crippen LogP contribution in [0.25, 0.3) is 0 Å². The highest BCUT2D eigenvalue weighted by Crippen LogP contribution is 2.49. The molecule has 1 saturated carbocycles. The van der Waals surface area contributed by atoms with E-state index in [0.717, 1.165) is 12.8 Å². The van der Waals surface area contributed by atoms with Gasteiger partial charge in [-0.15, -0.1) is 0 Å². The molecule has 0 aliphatic heterocycles. The van der Waals surface area contributed by atoms with Crippen molar-refractivity contribution in [3.63, 3.8) is 0 Å². The average Bonchev–Trinajstić information content (AvgIpc) is 2.48. The second-order valence-corrected chi connectivity index (χ2v) is 5.39. The standard InChI is InChI=1S/C15H21NO5/c1-4-15(5-2)13(17)9-14(15)21-11-7-6-10(16(18)19)8-12(11)20-3/h6-8,13-14,17H,4-5,9H2,1-3H3.